The number of nitrogens with one attached hydrogen (secondary N) is 2. The van der Waals surface area contributed by atoms with Gasteiger partial charge in [-0.25, -0.2) is 4.79 Å². The number of fused-ring (bicyclic) bond motifs is 1. The van der Waals surface area contributed by atoms with E-state index < -0.39 is 17.2 Å². The lowest BCUT2D eigenvalue weighted by molar-refractivity contribution is -0.113. The molecule has 1 heterocycles. The fraction of sp³-hybridized carbons (Fsp3) is 0.643. The van der Waals surface area contributed by atoms with Gasteiger partial charge in [-0.2, -0.15) is 5.10 Å². The fourth-order valence-corrected chi connectivity index (χ4v) is 2.41. The maximum atomic E-state index is 11.9. The Kier molecular flexibility index (Phi) is 3.58. The van der Waals surface area contributed by atoms with Crippen molar-refractivity contribution in [2.24, 2.45) is 0 Å². The summed E-state index contributed by atoms with van der Waals surface area (Å²) in [6.45, 7) is 6.96. The van der Waals surface area contributed by atoms with Crippen molar-refractivity contribution in [3.63, 3.8) is 0 Å². The van der Waals surface area contributed by atoms with E-state index in [1.807, 2.05) is 0 Å². The van der Waals surface area contributed by atoms with E-state index in [9.17, 15) is 9.59 Å². The van der Waals surface area contributed by atoms with Gasteiger partial charge in [0, 0.05) is 5.69 Å². The summed E-state index contributed by atoms with van der Waals surface area (Å²) < 4.78 is 5.21. The number of rotatable bonds is 3. The summed E-state index contributed by atoms with van der Waals surface area (Å²) >= 11 is 0. The maximum absolute atomic E-state index is 11.9. The summed E-state index contributed by atoms with van der Waals surface area (Å²) in [6, 6.07) is 0. The zero-order chi connectivity index (χ0) is 15.0. The van der Waals surface area contributed by atoms with Gasteiger partial charge in [0.25, 0.3) is 0 Å². The number of ether oxygens (including phenoxy) is 1. The minimum atomic E-state index is -1.17. The first-order chi connectivity index (χ1) is 9.25. The van der Waals surface area contributed by atoms with E-state index in [1.54, 1.807) is 27.7 Å². The summed E-state index contributed by atoms with van der Waals surface area (Å²) in [4.78, 5) is 23.4. The van der Waals surface area contributed by atoms with E-state index in [2.05, 4.69) is 15.5 Å². The first-order valence-corrected chi connectivity index (χ1v) is 6.79. The van der Waals surface area contributed by atoms with Crippen LogP contribution in [0.3, 0.4) is 0 Å². The third-order valence-corrected chi connectivity index (χ3v) is 3.29. The van der Waals surface area contributed by atoms with Crippen LogP contribution in [0.25, 0.3) is 0 Å². The van der Waals surface area contributed by atoms with Gasteiger partial charge in [-0.15, -0.1) is 0 Å². The van der Waals surface area contributed by atoms with Crippen molar-refractivity contribution in [3.8, 4) is 0 Å². The lowest BCUT2D eigenvalue weighted by atomic mass is 9.95. The van der Waals surface area contributed by atoms with Crippen LogP contribution < -0.4 is 5.32 Å². The molecular formula is C14H21N3O3. The molecule has 0 saturated carbocycles. The molecule has 1 aliphatic carbocycles. The standard InChI is InChI=1S/C14H21N3O3/c1-13(2,3)20-12(19)15-14(4,8-18)11-9-6-5-7-10(9)16-17-11/h8H,5-7H2,1-4H3,(H,15,19)(H,16,17). The highest BCUT2D eigenvalue weighted by molar-refractivity contribution is 5.78. The van der Waals surface area contributed by atoms with Gasteiger partial charge < -0.3 is 14.8 Å². The van der Waals surface area contributed by atoms with E-state index in [-0.39, 0.29) is 0 Å². The second-order valence-corrected chi connectivity index (χ2v) is 6.33. The summed E-state index contributed by atoms with van der Waals surface area (Å²) in [5.74, 6) is 0. The summed E-state index contributed by atoms with van der Waals surface area (Å²) in [5.41, 5.74) is 0.901. The van der Waals surface area contributed by atoms with Crippen LogP contribution in [-0.2, 0) is 27.9 Å². The molecule has 0 spiro atoms. The average Bonchev–Trinajstić information content (AvgIpc) is 2.86. The molecule has 0 saturated heterocycles. The van der Waals surface area contributed by atoms with Crippen LogP contribution in [0.1, 0.15) is 51.1 Å². The summed E-state index contributed by atoms with van der Waals surface area (Å²) in [7, 11) is 0. The smallest absolute Gasteiger partial charge is 0.408 e. The van der Waals surface area contributed by atoms with Crippen LogP contribution in [0.15, 0.2) is 0 Å². The molecule has 1 aromatic rings. The third-order valence-electron chi connectivity index (χ3n) is 3.29. The van der Waals surface area contributed by atoms with Crippen molar-refractivity contribution < 1.29 is 14.3 Å². The van der Waals surface area contributed by atoms with E-state index in [1.165, 1.54) is 0 Å². The highest BCUT2D eigenvalue weighted by Gasteiger charge is 2.36. The number of alkyl carbamates (subject to hydrolysis) is 1. The first kappa shape index (κ1) is 14.6. The van der Waals surface area contributed by atoms with E-state index in [0.717, 1.165) is 30.5 Å². The number of aldehydes is 1. The van der Waals surface area contributed by atoms with Gasteiger partial charge in [-0.1, -0.05) is 0 Å². The fourth-order valence-electron chi connectivity index (χ4n) is 2.41. The molecule has 0 fully saturated rings. The molecule has 1 amide bonds. The second-order valence-electron chi connectivity index (χ2n) is 6.33. The number of amides is 1. The Morgan fingerprint density at radius 3 is 2.65 bits per heavy atom. The van der Waals surface area contributed by atoms with Crippen LogP contribution >= 0.6 is 0 Å². The number of carbonyl (C=O) groups excluding carboxylic acids is 2. The number of carbonyl (C=O) groups is 2. The van der Waals surface area contributed by atoms with Gasteiger partial charge in [-0.3, -0.25) is 5.10 Å². The number of H-pyrrole nitrogens is 1. The number of aromatic nitrogens is 2. The molecule has 6 heteroatoms. The molecule has 6 nitrogen and oxygen atoms in total. The molecule has 2 N–H and O–H groups in total. The van der Waals surface area contributed by atoms with Crippen LogP contribution in [-0.4, -0.2) is 28.2 Å². The van der Waals surface area contributed by atoms with Gasteiger partial charge in [0.05, 0.1) is 5.69 Å². The Balaban J connectivity index is 2.21. The lowest BCUT2D eigenvalue weighted by Gasteiger charge is -2.26. The number of hydrogen-bond donors (Lipinski definition) is 2. The predicted octanol–water partition coefficient (Wildman–Crippen LogP) is 1.84. The van der Waals surface area contributed by atoms with Gasteiger partial charge in [0.2, 0.25) is 0 Å². The van der Waals surface area contributed by atoms with Crippen LogP contribution in [0, 0.1) is 0 Å². The molecule has 0 aliphatic heterocycles. The summed E-state index contributed by atoms with van der Waals surface area (Å²) in [5, 5.41) is 9.77. The van der Waals surface area contributed by atoms with Crippen molar-refractivity contribution in [2.75, 3.05) is 0 Å². The zero-order valence-corrected chi connectivity index (χ0v) is 12.4. The Labute approximate surface area is 118 Å². The van der Waals surface area contributed by atoms with Crippen molar-refractivity contribution in [3.05, 3.63) is 17.0 Å². The molecule has 2 rings (SSSR count). The topological polar surface area (TPSA) is 84.1 Å². The van der Waals surface area contributed by atoms with Gasteiger partial charge in [-0.05, 0) is 52.5 Å². The van der Waals surface area contributed by atoms with Crippen molar-refractivity contribution >= 4 is 12.4 Å². The highest BCUT2D eigenvalue weighted by atomic mass is 16.6. The van der Waals surface area contributed by atoms with Crippen LogP contribution in [0.4, 0.5) is 4.79 Å². The van der Waals surface area contributed by atoms with E-state index in [0.29, 0.717) is 12.0 Å². The first-order valence-electron chi connectivity index (χ1n) is 6.79. The lowest BCUT2D eigenvalue weighted by Crippen LogP contribution is -2.47. The highest BCUT2D eigenvalue weighted by Crippen LogP contribution is 2.29. The molecular weight excluding hydrogens is 258 g/mol. The minimum Gasteiger partial charge on any atom is -0.444 e. The van der Waals surface area contributed by atoms with Crippen molar-refractivity contribution in [2.45, 2.75) is 58.1 Å². The molecule has 0 bridgehead atoms. The predicted molar refractivity (Wildman–Crippen MR) is 73.4 cm³/mol. The molecule has 1 aliphatic rings. The SMILES string of the molecule is CC(C)(C)OC(=O)NC(C)(C=O)c1n[nH]c2c1CCC2. The Hall–Kier alpha value is -1.85. The zero-order valence-electron chi connectivity index (χ0n) is 12.4. The molecule has 110 valence electrons. The molecule has 20 heavy (non-hydrogen) atoms. The number of aromatic amines is 1. The van der Waals surface area contributed by atoms with Gasteiger partial charge in [0.1, 0.15) is 11.1 Å². The summed E-state index contributed by atoms with van der Waals surface area (Å²) in [6.07, 6.45) is 2.93. The van der Waals surface area contributed by atoms with E-state index >= 15 is 0 Å². The Morgan fingerprint density at radius 1 is 1.35 bits per heavy atom. The molecule has 1 atom stereocenters. The number of nitrogens with zero attached hydrogens (tertiary/aromatic N) is 1. The van der Waals surface area contributed by atoms with Crippen LogP contribution in [0.2, 0.25) is 0 Å². The third kappa shape index (κ3) is 2.84. The van der Waals surface area contributed by atoms with Crippen molar-refractivity contribution in [1.29, 1.82) is 0 Å². The molecule has 1 aromatic heterocycles. The number of hydrogen-bond acceptors (Lipinski definition) is 4. The van der Waals surface area contributed by atoms with Gasteiger partial charge >= 0.3 is 6.09 Å². The normalized spacial score (nSPS) is 17.2. The molecule has 1 unspecified atom stereocenters. The number of aryl methyl sites for hydroxylation is 1. The Bertz CT molecular complexity index is 530. The molecule has 0 aromatic carbocycles. The Morgan fingerprint density at radius 2 is 2.05 bits per heavy atom. The van der Waals surface area contributed by atoms with Crippen molar-refractivity contribution in [1.82, 2.24) is 15.5 Å². The van der Waals surface area contributed by atoms with Crippen LogP contribution in [0.5, 0.6) is 0 Å². The average molecular weight is 279 g/mol. The maximum Gasteiger partial charge on any atom is 0.408 e. The minimum absolute atomic E-state index is 0.589. The quantitative estimate of drug-likeness (QED) is 0.827. The monoisotopic (exact) mass is 279 g/mol. The second kappa shape index (κ2) is 4.92. The van der Waals surface area contributed by atoms with E-state index in [4.69, 9.17) is 4.74 Å². The van der Waals surface area contributed by atoms with Gasteiger partial charge in [0.15, 0.2) is 6.29 Å². The largest absolute Gasteiger partial charge is 0.444 e. The molecule has 0 radical (unpaired) electrons.